The highest BCUT2D eigenvalue weighted by atomic mass is 32.2. The Morgan fingerprint density at radius 1 is 1.29 bits per heavy atom. The molecule has 21 heavy (non-hydrogen) atoms. The lowest BCUT2D eigenvalue weighted by atomic mass is 10.2. The second-order valence-corrected chi connectivity index (χ2v) is 8.15. The van der Waals surface area contributed by atoms with Crippen LogP contribution in [0.3, 0.4) is 0 Å². The summed E-state index contributed by atoms with van der Waals surface area (Å²) >= 11 is 1.67. The predicted octanol–water partition coefficient (Wildman–Crippen LogP) is 4.03. The molecule has 0 spiro atoms. The number of hydrogen-bond acceptors (Lipinski definition) is 4. The van der Waals surface area contributed by atoms with Crippen molar-refractivity contribution in [2.75, 3.05) is 11.6 Å². The number of benzene rings is 1. The van der Waals surface area contributed by atoms with Crippen molar-refractivity contribution in [2.45, 2.75) is 31.2 Å². The van der Waals surface area contributed by atoms with Crippen molar-refractivity contribution in [3.63, 3.8) is 0 Å². The van der Waals surface area contributed by atoms with Crippen molar-refractivity contribution in [3.8, 4) is 0 Å². The minimum atomic E-state index is -3.35. The highest BCUT2D eigenvalue weighted by Gasteiger charge is 2.14. The van der Waals surface area contributed by atoms with Crippen molar-refractivity contribution >= 4 is 26.9 Å². The molecular weight excluding hydrogens is 309 g/mol. The molecule has 0 radical (unpaired) electrons. The third kappa shape index (κ3) is 3.83. The highest BCUT2D eigenvalue weighted by Crippen LogP contribution is 2.28. The molecule has 1 aromatic carbocycles. The minimum Gasteiger partial charge on any atom is -0.375 e. The quantitative estimate of drug-likeness (QED) is 0.844. The van der Waals surface area contributed by atoms with Gasteiger partial charge >= 0.3 is 0 Å². The third-order valence-corrected chi connectivity index (χ3v) is 5.72. The summed E-state index contributed by atoms with van der Waals surface area (Å²) in [6.45, 7) is 4.01. The van der Waals surface area contributed by atoms with E-state index >= 15 is 0 Å². The third-order valence-electron chi connectivity index (χ3n) is 3.20. The molecule has 1 unspecified atom stereocenters. The Balaban J connectivity index is 2.26. The van der Waals surface area contributed by atoms with Gasteiger partial charge in [-0.2, -0.15) is 0 Å². The van der Waals surface area contributed by atoms with Gasteiger partial charge in [0.05, 0.1) is 16.6 Å². The first-order valence-electron chi connectivity index (χ1n) is 6.66. The summed E-state index contributed by atoms with van der Waals surface area (Å²) in [7, 11) is -3.35. The van der Waals surface area contributed by atoms with Gasteiger partial charge < -0.3 is 5.32 Å². The summed E-state index contributed by atoms with van der Waals surface area (Å²) in [6, 6.07) is 7.79. The first kappa shape index (κ1) is 16.0. The molecule has 1 aromatic heterocycles. The molecule has 114 valence electrons. The molecule has 0 saturated carbocycles. The molecule has 2 aromatic rings. The van der Waals surface area contributed by atoms with Crippen LogP contribution in [-0.2, 0) is 16.3 Å². The van der Waals surface area contributed by atoms with Crippen LogP contribution in [0.2, 0.25) is 0 Å². The Morgan fingerprint density at radius 3 is 2.57 bits per heavy atom. The number of sulfone groups is 1. The topological polar surface area (TPSA) is 46.2 Å². The van der Waals surface area contributed by atoms with Crippen molar-refractivity contribution in [1.82, 2.24) is 0 Å². The second kappa shape index (κ2) is 6.15. The number of halogens is 1. The van der Waals surface area contributed by atoms with E-state index in [4.69, 9.17) is 0 Å². The maximum absolute atomic E-state index is 13.9. The normalized spacial score (nSPS) is 13.1. The number of hydrogen-bond donors (Lipinski definition) is 1. The molecule has 1 heterocycles. The Hall–Kier alpha value is -1.40. The standard InChI is InChI=1S/C15H18FNO2S2/c1-4-11-5-8-15(20-11)10(2)17-14-9-12(21(3,18)19)6-7-13(14)16/h5-10,17H,4H2,1-3H3. The first-order chi connectivity index (χ1) is 9.81. The fraction of sp³-hybridized carbons (Fsp3) is 0.333. The van der Waals surface area contributed by atoms with E-state index in [1.165, 1.54) is 23.1 Å². The predicted molar refractivity (Wildman–Crippen MR) is 85.2 cm³/mol. The molecular formula is C15H18FNO2S2. The SMILES string of the molecule is CCc1ccc(C(C)Nc2cc(S(C)(=O)=O)ccc2F)s1. The molecule has 0 amide bonds. The van der Waals surface area contributed by atoms with Gasteiger partial charge in [-0.05, 0) is 43.7 Å². The van der Waals surface area contributed by atoms with Crippen molar-refractivity contribution in [3.05, 3.63) is 45.9 Å². The van der Waals surface area contributed by atoms with E-state index in [1.54, 1.807) is 11.3 Å². The summed E-state index contributed by atoms with van der Waals surface area (Å²) in [5.74, 6) is -0.457. The van der Waals surface area contributed by atoms with Gasteiger partial charge in [0.15, 0.2) is 9.84 Å². The summed E-state index contributed by atoms with van der Waals surface area (Å²) < 4.78 is 36.9. The average molecular weight is 327 g/mol. The zero-order valence-electron chi connectivity index (χ0n) is 12.2. The maximum Gasteiger partial charge on any atom is 0.175 e. The Morgan fingerprint density at radius 2 is 2.00 bits per heavy atom. The van der Waals surface area contributed by atoms with E-state index in [0.29, 0.717) is 0 Å². The van der Waals surface area contributed by atoms with Gasteiger partial charge in [-0.15, -0.1) is 11.3 Å². The van der Waals surface area contributed by atoms with Crippen LogP contribution in [0.1, 0.15) is 29.6 Å². The van der Waals surface area contributed by atoms with Crippen LogP contribution in [0.25, 0.3) is 0 Å². The van der Waals surface area contributed by atoms with Gasteiger partial charge in [-0.25, -0.2) is 12.8 Å². The van der Waals surface area contributed by atoms with E-state index < -0.39 is 15.7 Å². The van der Waals surface area contributed by atoms with Crippen LogP contribution in [0, 0.1) is 5.82 Å². The van der Waals surface area contributed by atoms with E-state index in [2.05, 4.69) is 18.3 Å². The summed E-state index contributed by atoms with van der Waals surface area (Å²) in [5, 5.41) is 3.05. The lowest BCUT2D eigenvalue weighted by Crippen LogP contribution is -2.08. The van der Waals surface area contributed by atoms with Gasteiger partial charge in [-0.3, -0.25) is 0 Å². The number of rotatable bonds is 5. The molecule has 0 saturated heterocycles. The van der Waals surface area contributed by atoms with Crippen LogP contribution in [0.5, 0.6) is 0 Å². The van der Waals surface area contributed by atoms with E-state index in [-0.39, 0.29) is 16.6 Å². The molecule has 0 fully saturated rings. The van der Waals surface area contributed by atoms with Crippen LogP contribution in [0.15, 0.2) is 35.2 Å². The molecule has 2 rings (SSSR count). The van der Waals surface area contributed by atoms with Crippen molar-refractivity contribution in [1.29, 1.82) is 0 Å². The Bertz CT molecular complexity index is 738. The van der Waals surface area contributed by atoms with Crippen LogP contribution >= 0.6 is 11.3 Å². The van der Waals surface area contributed by atoms with E-state index in [0.717, 1.165) is 17.6 Å². The fourth-order valence-corrected chi connectivity index (χ4v) is 3.57. The van der Waals surface area contributed by atoms with Gasteiger partial charge in [-0.1, -0.05) is 6.92 Å². The lowest BCUT2D eigenvalue weighted by molar-refractivity contribution is 0.600. The van der Waals surface area contributed by atoms with E-state index in [9.17, 15) is 12.8 Å². The Labute approximate surface area is 128 Å². The fourth-order valence-electron chi connectivity index (χ4n) is 1.97. The maximum atomic E-state index is 13.9. The summed E-state index contributed by atoms with van der Waals surface area (Å²) in [6.07, 6.45) is 2.08. The summed E-state index contributed by atoms with van der Waals surface area (Å²) in [4.78, 5) is 2.47. The largest absolute Gasteiger partial charge is 0.375 e. The molecule has 6 heteroatoms. The smallest absolute Gasteiger partial charge is 0.175 e. The number of nitrogens with one attached hydrogen (secondary N) is 1. The van der Waals surface area contributed by atoms with Gasteiger partial charge in [0.2, 0.25) is 0 Å². The molecule has 0 bridgehead atoms. The minimum absolute atomic E-state index is 0.0837. The van der Waals surface area contributed by atoms with E-state index in [1.807, 2.05) is 13.0 Å². The van der Waals surface area contributed by atoms with Crippen molar-refractivity contribution in [2.24, 2.45) is 0 Å². The van der Waals surface area contributed by atoms with Crippen molar-refractivity contribution < 1.29 is 12.8 Å². The van der Waals surface area contributed by atoms with Crippen LogP contribution in [0.4, 0.5) is 10.1 Å². The number of anilines is 1. The van der Waals surface area contributed by atoms with Crippen LogP contribution < -0.4 is 5.32 Å². The molecule has 0 aliphatic carbocycles. The zero-order chi connectivity index (χ0) is 15.6. The Kier molecular flexibility index (Phi) is 4.68. The number of thiophene rings is 1. The zero-order valence-corrected chi connectivity index (χ0v) is 13.8. The molecule has 1 atom stereocenters. The number of aryl methyl sites for hydroxylation is 1. The second-order valence-electron chi connectivity index (χ2n) is 4.94. The lowest BCUT2D eigenvalue weighted by Gasteiger charge is -2.15. The molecule has 1 N–H and O–H groups in total. The van der Waals surface area contributed by atoms with Crippen LogP contribution in [-0.4, -0.2) is 14.7 Å². The monoisotopic (exact) mass is 327 g/mol. The van der Waals surface area contributed by atoms with Gasteiger partial charge in [0, 0.05) is 16.0 Å². The summed E-state index contributed by atoms with van der Waals surface area (Å²) in [5.41, 5.74) is 0.205. The van der Waals surface area contributed by atoms with Gasteiger partial charge in [0.25, 0.3) is 0 Å². The highest BCUT2D eigenvalue weighted by molar-refractivity contribution is 7.90. The molecule has 3 nitrogen and oxygen atoms in total. The average Bonchev–Trinajstić information content (AvgIpc) is 2.88. The molecule has 0 aliphatic heterocycles. The molecule has 0 aliphatic rings. The first-order valence-corrected chi connectivity index (χ1v) is 9.36. The van der Waals surface area contributed by atoms with Gasteiger partial charge in [0.1, 0.15) is 5.82 Å².